The maximum absolute atomic E-state index is 12.5. The summed E-state index contributed by atoms with van der Waals surface area (Å²) in [5, 5.41) is 0. The third kappa shape index (κ3) is 3.52. The number of fused-ring (bicyclic) bond motifs is 1. The number of imidazole rings is 1. The first-order valence-corrected chi connectivity index (χ1v) is 9.36. The van der Waals surface area contributed by atoms with Crippen LogP contribution in [0.5, 0.6) is 0 Å². The molecule has 1 aliphatic heterocycles. The minimum absolute atomic E-state index is 0.00938. The average Bonchev–Trinajstić information content (AvgIpc) is 3.12. The Morgan fingerprint density at radius 1 is 1.00 bits per heavy atom. The van der Waals surface area contributed by atoms with Gasteiger partial charge in [0.2, 0.25) is 0 Å². The zero-order chi connectivity index (χ0) is 19.0. The van der Waals surface area contributed by atoms with E-state index >= 15 is 0 Å². The molecule has 0 spiro atoms. The molecule has 0 unspecified atom stereocenters. The molecule has 0 saturated carbocycles. The van der Waals surface area contributed by atoms with Crippen molar-refractivity contribution in [2.24, 2.45) is 0 Å². The van der Waals surface area contributed by atoms with E-state index in [1.54, 1.807) is 12.3 Å². The summed E-state index contributed by atoms with van der Waals surface area (Å²) < 4.78 is 2.10. The third-order valence-electron chi connectivity index (χ3n) is 5.02. The van der Waals surface area contributed by atoms with Crippen molar-refractivity contribution in [2.45, 2.75) is 26.2 Å². The van der Waals surface area contributed by atoms with Gasteiger partial charge in [-0.2, -0.15) is 0 Å². The molecule has 0 aromatic carbocycles. The molecule has 0 atom stereocenters. The zero-order valence-electron chi connectivity index (χ0n) is 16.1. The normalized spacial score (nSPS) is 15.4. The fourth-order valence-electron chi connectivity index (χ4n) is 3.35. The van der Waals surface area contributed by atoms with Crippen LogP contribution in [-0.2, 0) is 5.41 Å². The molecule has 4 rings (SSSR count). The number of amides is 1. The standard InChI is InChI=1S/C21H25N5O/c1-21(2,3)18-15-26-14-16(7-8-19(26)23-18)24-10-12-25(13-11-24)20(27)17-6-4-5-9-22-17/h4-9,14-15H,10-13H2,1-3H3. The fourth-order valence-corrected chi connectivity index (χ4v) is 3.35. The number of aromatic nitrogens is 3. The van der Waals surface area contributed by atoms with Gasteiger partial charge in [-0.3, -0.25) is 9.78 Å². The molecular formula is C21H25N5O. The van der Waals surface area contributed by atoms with Gasteiger partial charge < -0.3 is 14.2 Å². The Morgan fingerprint density at radius 3 is 2.44 bits per heavy atom. The van der Waals surface area contributed by atoms with Crippen molar-refractivity contribution in [3.05, 3.63) is 60.3 Å². The van der Waals surface area contributed by atoms with Crippen LogP contribution in [0.1, 0.15) is 37.0 Å². The number of piperazine rings is 1. The Bertz CT molecular complexity index is 950. The Morgan fingerprint density at radius 2 is 1.78 bits per heavy atom. The van der Waals surface area contributed by atoms with Gasteiger partial charge in [-0.25, -0.2) is 4.98 Å². The minimum atomic E-state index is 0.00938. The fraction of sp³-hybridized carbons (Fsp3) is 0.381. The zero-order valence-corrected chi connectivity index (χ0v) is 16.1. The van der Waals surface area contributed by atoms with Gasteiger partial charge in [0.15, 0.2) is 0 Å². The molecule has 0 aliphatic carbocycles. The molecule has 0 bridgehead atoms. The Kier molecular flexibility index (Phi) is 4.34. The summed E-state index contributed by atoms with van der Waals surface area (Å²) in [7, 11) is 0. The molecule has 1 aliphatic rings. The van der Waals surface area contributed by atoms with Gasteiger partial charge in [0.05, 0.1) is 11.4 Å². The highest BCUT2D eigenvalue weighted by Gasteiger charge is 2.23. The Balaban J connectivity index is 1.47. The molecule has 4 heterocycles. The van der Waals surface area contributed by atoms with Crippen LogP contribution in [0.15, 0.2) is 48.9 Å². The van der Waals surface area contributed by atoms with Gasteiger partial charge in [0, 0.05) is 50.2 Å². The minimum Gasteiger partial charge on any atom is -0.367 e. The first-order valence-electron chi connectivity index (χ1n) is 9.36. The summed E-state index contributed by atoms with van der Waals surface area (Å²) in [6.45, 7) is 9.54. The van der Waals surface area contributed by atoms with E-state index in [4.69, 9.17) is 4.98 Å². The molecular weight excluding hydrogens is 338 g/mol. The van der Waals surface area contributed by atoms with E-state index in [1.807, 2.05) is 17.0 Å². The molecule has 1 amide bonds. The number of hydrogen-bond donors (Lipinski definition) is 0. The van der Waals surface area contributed by atoms with Crippen molar-refractivity contribution >= 4 is 17.2 Å². The maximum atomic E-state index is 12.5. The monoisotopic (exact) mass is 363 g/mol. The molecule has 3 aromatic rings. The number of carbonyl (C=O) groups is 1. The number of rotatable bonds is 2. The van der Waals surface area contributed by atoms with Crippen molar-refractivity contribution in [3.63, 3.8) is 0 Å². The highest BCUT2D eigenvalue weighted by molar-refractivity contribution is 5.92. The number of pyridine rings is 2. The van der Waals surface area contributed by atoms with Crippen LogP contribution in [0.4, 0.5) is 5.69 Å². The van der Waals surface area contributed by atoms with E-state index < -0.39 is 0 Å². The van der Waals surface area contributed by atoms with Crippen molar-refractivity contribution in [2.75, 3.05) is 31.1 Å². The molecule has 27 heavy (non-hydrogen) atoms. The van der Waals surface area contributed by atoms with Gasteiger partial charge in [-0.1, -0.05) is 26.8 Å². The summed E-state index contributed by atoms with van der Waals surface area (Å²) in [4.78, 5) is 25.6. The highest BCUT2D eigenvalue weighted by atomic mass is 16.2. The summed E-state index contributed by atoms with van der Waals surface area (Å²) in [6.07, 6.45) is 5.91. The summed E-state index contributed by atoms with van der Waals surface area (Å²) in [5.41, 5.74) is 3.76. The predicted molar refractivity (Wildman–Crippen MR) is 106 cm³/mol. The van der Waals surface area contributed by atoms with Crippen molar-refractivity contribution in [3.8, 4) is 0 Å². The van der Waals surface area contributed by atoms with E-state index in [0.29, 0.717) is 18.8 Å². The highest BCUT2D eigenvalue weighted by Crippen LogP contribution is 2.24. The number of carbonyl (C=O) groups excluding carboxylic acids is 1. The largest absolute Gasteiger partial charge is 0.367 e. The van der Waals surface area contributed by atoms with E-state index in [0.717, 1.165) is 30.1 Å². The van der Waals surface area contributed by atoms with E-state index in [9.17, 15) is 4.79 Å². The Hall–Kier alpha value is -2.89. The second-order valence-electron chi connectivity index (χ2n) is 8.02. The second-order valence-corrected chi connectivity index (χ2v) is 8.02. The number of nitrogens with zero attached hydrogens (tertiary/aromatic N) is 5. The molecule has 0 radical (unpaired) electrons. The third-order valence-corrected chi connectivity index (χ3v) is 5.02. The van der Waals surface area contributed by atoms with Crippen molar-refractivity contribution in [1.82, 2.24) is 19.3 Å². The molecule has 1 fully saturated rings. The van der Waals surface area contributed by atoms with Crippen LogP contribution in [0, 0.1) is 0 Å². The van der Waals surface area contributed by atoms with Crippen LogP contribution in [0.25, 0.3) is 5.65 Å². The van der Waals surface area contributed by atoms with Crippen molar-refractivity contribution < 1.29 is 4.79 Å². The van der Waals surface area contributed by atoms with Crippen LogP contribution in [0.3, 0.4) is 0 Å². The number of hydrogen-bond acceptors (Lipinski definition) is 4. The van der Waals surface area contributed by atoms with Crippen LogP contribution >= 0.6 is 0 Å². The van der Waals surface area contributed by atoms with Gasteiger partial charge >= 0.3 is 0 Å². The lowest BCUT2D eigenvalue weighted by atomic mass is 9.93. The average molecular weight is 363 g/mol. The second kappa shape index (κ2) is 6.68. The number of anilines is 1. The summed E-state index contributed by atoms with van der Waals surface area (Å²) >= 11 is 0. The van der Waals surface area contributed by atoms with Gasteiger partial charge in [0.1, 0.15) is 11.3 Å². The van der Waals surface area contributed by atoms with E-state index in [-0.39, 0.29) is 11.3 Å². The molecule has 6 nitrogen and oxygen atoms in total. The topological polar surface area (TPSA) is 53.7 Å². The quantitative estimate of drug-likeness (QED) is 0.702. The van der Waals surface area contributed by atoms with Crippen LogP contribution in [0.2, 0.25) is 0 Å². The predicted octanol–water partition coefficient (Wildman–Crippen LogP) is 2.99. The van der Waals surface area contributed by atoms with Crippen LogP contribution in [-0.4, -0.2) is 51.4 Å². The first-order chi connectivity index (χ1) is 12.9. The van der Waals surface area contributed by atoms with E-state index in [1.165, 1.54) is 0 Å². The Labute approximate surface area is 159 Å². The summed E-state index contributed by atoms with van der Waals surface area (Å²) in [6, 6.07) is 9.63. The van der Waals surface area contributed by atoms with E-state index in [2.05, 4.69) is 59.6 Å². The lowest BCUT2D eigenvalue weighted by Gasteiger charge is -2.35. The molecule has 1 saturated heterocycles. The van der Waals surface area contributed by atoms with Gasteiger partial charge in [-0.05, 0) is 24.3 Å². The van der Waals surface area contributed by atoms with Crippen molar-refractivity contribution in [1.29, 1.82) is 0 Å². The van der Waals surface area contributed by atoms with Crippen LogP contribution < -0.4 is 4.90 Å². The van der Waals surface area contributed by atoms with Gasteiger partial charge in [-0.15, -0.1) is 0 Å². The maximum Gasteiger partial charge on any atom is 0.272 e. The first kappa shape index (κ1) is 17.5. The lowest BCUT2D eigenvalue weighted by Crippen LogP contribution is -2.49. The lowest BCUT2D eigenvalue weighted by molar-refractivity contribution is 0.0741. The summed E-state index contributed by atoms with van der Waals surface area (Å²) in [5.74, 6) is 0.00938. The molecule has 3 aromatic heterocycles. The molecule has 0 N–H and O–H groups in total. The SMILES string of the molecule is CC(C)(C)c1cn2cc(N3CCN(C(=O)c4ccccn4)CC3)ccc2n1. The molecule has 140 valence electrons. The smallest absolute Gasteiger partial charge is 0.272 e. The molecule has 6 heteroatoms. The van der Waals surface area contributed by atoms with Gasteiger partial charge in [0.25, 0.3) is 5.91 Å².